The topological polar surface area (TPSA) is 47.2 Å². The Labute approximate surface area is 120 Å². The minimum atomic E-state index is -0.385. The molecule has 1 aromatic heterocycles. The fourth-order valence-corrected chi connectivity index (χ4v) is 4.51. The first-order chi connectivity index (χ1) is 9.72. The number of aromatic nitrogens is 2. The van der Waals surface area contributed by atoms with E-state index in [1.54, 1.807) is 17.0 Å². The van der Waals surface area contributed by atoms with Gasteiger partial charge >= 0.3 is 6.03 Å². The van der Waals surface area contributed by atoms with Gasteiger partial charge in [0.15, 0.2) is 0 Å². The van der Waals surface area contributed by atoms with E-state index in [0.29, 0.717) is 0 Å². The van der Waals surface area contributed by atoms with Crippen LogP contribution < -0.4 is 0 Å². The van der Waals surface area contributed by atoms with E-state index in [9.17, 15) is 4.79 Å². The molecule has 0 radical (unpaired) electrons. The third-order valence-electron chi connectivity index (χ3n) is 3.88. The lowest BCUT2D eigenvalue weighted by atomic mass is 9.89. The Morgan fingerprint density at radius 3 is 3.15 bits per heavy atom. The normalized spacial score (nSPS) is 24.2. The maximum absolute atomic E-state index is 12.1. The second kappa shape index (κ2) is 4.06. The molecule has 2 aliphatic rings. The minimum Gasteiger partial charge on any atom is -0.252 e. The Morgan fingerprint density at radius 1 is 1.40 bits per heavy atom. The predicted octanol–water partition coefficient (Wildman–Crippen LogP) is 2.99. The Hall–Kier alpha value is -1.88. The second-order valence-electron chi connectivity index (χ2n) is 5.11. The molecule has 0 aliphatic carbocycles. The van der Waals surface area contributed by atoms with Crippen LogP contribution in [0.3, 0.4) is 0 Å². The molecule has 3 heterocycles. The molecule has 0 bridgehead atoms. The number of aliphatic imine (C=N–C) groups is 1. The molecule has 2 aromatic rings. The summed E-state index contributed by atoms with van der Waals surface area (Å²) in [4.78, 5) is 20.8. The summed E-state index contributed by atoms with van der Waals surface area (Å²) in [5, 5.41) is 0. The van der Waals surface area contributed by atoms with Gasteiger partial charge in [-0.2, -0.15) is 4.99 Å². The summed E-state index contributed by atoms with van der Waals surface area (Å²) in [6.07, 6.45) is 4.23. The van der Waals surface area contributed by atoms with Gasteiger partial charge in [0, 0.05) is 18.1 Å². The van der Waals surface area contributed by atoms with E-state index >= 15 is 0 Å². The molecular formula is C15H13N3OS. The third kappa shape index (κ3) is 1.41. The number of fused-ring (bicyclic) bond motifs is 3. The SMILES string of the molecule is Cc1cccc(C23SCCC2=NC(=O)n2ccnc23)c1. The van der Waals surface area contributed by atoms with Gasteiger partial charge in [-0.05, 0) is 18.9 Å². The van der Waals surface area contributed by atoms with Gasteiger partial charge in [0.2, 0.25) is 0 Å². The molecule has 100 valence electrons. The maximum Gasteiger partial charge on any atom is 0.353 e. The van der Waals surface area contributed by atoms with Crippen molar-refractivity contribution in [3.05, 3.63) is 53.6 Å². The fraction of sp³-hybridized carbons (Fsp3) is 0.267. The first kappa shape index (κ1) is 11.9. The highest BCUT2D eigenvalue weighted by molar-refractivity contribution is 8.01. The van der Waals surface area contributed by atoms with Gasteiger partial charge < -0.3 is 0 Å². The lowest BCUT2D eigenvalue weighted by molar-refractivity contribution is 0.249. The lowest BCUT2D eigenvalue weighted by Crippen LogP contribution is -2.38. The van der Waals surface area contributed by atoms with Crippen molar-refractivity contribution in [2.75, 3.05) is 5.75 Å². The van der Waals surface area contributed by atoms with Crippen molar-refractivity contribution in [1.82, 2.24) is 9.55 Å². The largest absolute Gasteiger partial charge is 0.353 e. The number of hydrogen-bond donors (Lipinski definition) is 0. The summed E-state index contributed by atoms with van der Waals surface area (Å²) in [5.74, 6) is 1.76. The number of nitrogens with zero attached hydrogens (tertiary/aromatic N) is 3. The molecule has 0 N–H and O–H groups in total. The van der Waals surface area contributed by atoms with Crippen LogP contribution in [0.15, 0.2) is 41.7 Å². The number of carbonyl (C=O) groups is 1. The molecular weight excluding hydrogens is 270 g/mol. The van der Waals surface area contributed by atoms with Gasteiger partial charge in [-0.15, -0.1) is 11.8 Å². The van der Waals surface area contributed by atoms with Crippen molar-refractivity contribution in [2.24, 2.45) is 4.99 Å². The maximum atomic E-state index is 12.1. The molecule has 1 unspecified atom stereocenters. The predicted molar refractivity (Wildman–Crippen MR) is 79.5 cm³/mol. The van der Waals surface area contributed by atoms with E-state index < -0.39 is 0 Å². The van der Waals surface area contributed by atoms with Crippen molar-refractivity contribution >= 4 is 23.5 Å². The van der Waals surface area contributed by atoms with Gasteiger partial charge in [0.25, 0.3) is 0 Å². The smallest absolute Gasteiger partial charge is 0.252 e. The van der Waals surface area contributed by atoms with Crippen LogP contribution in [-0.2, 0) is 4.75 Å². The zero-order valence-electron chi connectivity index (χ0n) is 11.0. The molecule has 5 heteroatoms. The summed E-state index contributed by atoms with van der Waals surface area (Å²) >= 11 is 1.82. The van der Waals surface area contributed by atoms with Crippen LogP contribution in [0.1, 0.15) is 23.4 Å². The van der Waals surface area contributed by atoms with Gasteiger partial charge in [0.05, 0.1) is 5.71 Å². The Bertz CT molecular complexity index is 749. The number of hydrogen-bond acceptors (Lipinski definition) is 3. The molecule has 1 saturated heterocycles. The summed E-state index contributed by atoms with van der Waals surface area (Å²) in [7, 11) is 0. The lowest BCUT2D eigenvalue weighted by Gasteiger charge is -2.32. The van der Waals surface area contributed by atoms with E-state index in [4.69, 9.17) is 0 Å². The minimum absolute atomic E-state index is 0.224. The van der Waals surface area contributed by atoms with Crippen molar-refractivity contribution in [3.63, 3.8) is 0 Å². The van der Waals surface area contributed by atoms with Gasteiger partial charge in [-0.3, -0.25) is 4.57 Å². The standard InChI is InChI=1S/C15H13N3OS/c1-10-3-2-4-11(9-10)15-12(5-8-20-15)17-14(19)18-7-6-16-13(15)18/h2-4,6-7,9H,5,8H2,1H3. The Kier molecular flexibility index (Phi) is 2.41. The summed E-state index contributed by atoms with van der Waals surface area (Å²) < 4.78 is 1.19. The number of carbonyl (C=O) groups excluding carboxylic acids is 1. The van der Waals surface area contributed by atoms with E-state index in [1.807, 2.05) is 11.8 Å². The van der Waals surface area contributed by atoms with E-state index in [2.05, 4.69) is 41.2 Å². The quantitative estimate of drug-likeness (QED) is 0.808. The number of benzene rings is 1. The van der Waals surface area contributed by atoms with Crippen molar-refractivity contribution in [1.29, 1.82) is 0 Å². The first-order valence-electron chi connectivity index (χ1n) is 6.59. The summed E-state index contributed by atoms with van der Waals surface area (Å²) in [6.45, 7) is 2.08. The average molecular weight is 283 g/mol. The molecule has 1 aromatic carbocycles. The molecule has 4 nitrogen and oxygen atoms in total. The van der Waals surface area contributed by atoms with Crippen LogP contribution in [0, 0.1) is 6.92 Å². The molecule has 1 atom stereocenters. The van der Waals surface area contributed by atoms with Crippen LogP contribution in [0.2, 0.25) is 0 Å². The number of thioether (sulfide) groups is 1. The van der Waals surface area contributed by atoms with Gasteiger partial charge in [-0.1, -0.05) is 29.8 Å². The van der Waals surface area contributed by atoms with E-state index in [-0.39, 0.29) is 10.8 Å². The molecule has 2 aliphatic heterocycles. The highest BCUT2D eigenvalue weighted by atomic mass is 32.2. The van der Waals surface area contributed by atoms with Crippen LogP contribution in [-0.4, -0.2) is 27.0 Å². The zero-order valence-corrected chi connectivity index (χ0v) is 11.9. The Morgan fingerprint density at radius 2 is 2.30 bits per heavy atom. The summed E-state index contributed by atoms with van der Waals surface area (Å²) in [6, 6.07) is 8.19. The molecule has 0 saturated carbocycles. The van der Waals surface area contributed by atoms with Gasteiger partial charge in [0.1, 0.15) is 10.6 Å². The van der Waals surface area contributed by atoms with Crippen molar-refractivity contribution < 1.29 is 4.79 Å². The van der Waals surface area contributed by atoms with E-state index in [0.717, 1.165) is 23.7 Å². The van der Waals surface area contributed by atoms with Crippen LogP contribution in [0.4, 0.5) is 4.79 Å². The summed E-state index contributed by atoms with van der Waals surface area (Å²) in [5.41, 5.74) is 3.31. The molecule has 1 amide bonds. The highest BCUT2D eigenvalue weighted by Crippen LogP contribution is 2.50. The van der Waals surface area contributed by atoms with Crippen molar-refractivity contribution in [2.45, 2.75) is 18.1 Å². The van der Waals surface area contributed by atoms with Crippen LogP contribution in [0.5, 0.6) is 0 Å². The Balaban J connectivity index is 2.03. The van der Waals surface area contributed by atoms with Crippen molar-refractivity contribution in [3.8, 4) is 0 Å². The third-order valence-corrected chi connectivity index (χ3v) is 5.38. The highest BCUT2D eigenvalue weighted by Gasteiger charge is 2.50. The van der Waals surface area contributed by atoms with Crippen LogP contribution in [0.25, 0.3) is 0 Å². The average Bonchev–Trinajstić information content (AvgIpc) is 3.05. The number of amides is 1. The number of imidazole rings is 1. The fourth-order valence-electron chi connectivity index (χ4n) is 3.02. The second-order valence-corrected chi connectivity index (χ2v) is 6.42. The molecule has 4 rings (SSSR count). The molecule has 20 heavy (non-hydrogen) atoms. The molecule has 1 fully saturated rings. The van der Waals surface area contributed by atoms with Crippen LogP contribution >= 0.6 is 11.8 Å². The monoisotopic (exact) mass is 283 g/mol. The number of aryl methyl sites for hydroxylation is 1. The van der Waals surface area contributed by atoms with Gasteiger partial charge in [-0.25, -0.2) is 9.78 Å². The van der Waals surface area contributed by atoms with E-state index in [1.165, 1.54) is 11.1 Å². The zero-order chi connectivity index (χ0) is 13.7. The first-order valence-corrected chi connectivity index (χ1v) is 7.58. The number of rotatable bonds is 1. The molecule has 0 spiro atoms.